The fraction of sp³-hybridized carbons (Fsp3) is 0.444. The highest BCUT2D eigenvalue weighted by molar-refractivity contribution is 6.30. The monoisotopic (exact) mass is 694 g/mol. The van der Waals surface area contributed by atoms with Crippen LogP contribution in [0.2, 0.25) is 5.02 Å². The first kappa shape index (κ1) is 33.7. The molecule has 0 unspecified atom stereocenters. The third kappa shape index (κ3) is 6.73. The Kier molecular flexibility index (Phi) is 9.29. The predicted molar refractivity (Wildman–Crippen MR) is 179 cm³/mol. The summed E-state index contributed by atoms with van der Waals surface area (Å²) in [5.74, 6) is -0.0317. The van der Waals surface area contributed by atoms with Crippen molar-refractivity contribution in [3.05, 3.63) is 88.0 Å². The maximum atomic E-state index is 14.9. The van der Waals surface area contributed by atoms with Crippen LogP contribution in [0.25, 0.3) is 11.0 Å². The summed E-state index contributed by atoms with van der Waals surface area (Å²) >= 11 is 5.99. The Morgan fingerprint density at radius 1 is 1.12 bits per heavy atom. The van der Waals surface area contributed by atoms with E-state index >= 15 is 0 Å². The number of ether oxygens (including phenoxy) is 4. The van der Waals surface area contributed by atoms with Crippen LogP contribution >= 0.6 is 11.6 Å². The number of rotatable bonds is 11. The van der Waals surface area contributed by atoms with Crippen LogP contribution in [0.3, 0.4) is 0 Å². The number of piperidine rings is 1. The number of hydrogen-bond donors (Lipinski definition) is 3. The summed E-state index contributed by atoms with van der Waals surface area (Å²) < 4.78 is 40.7. The second kappa shape index (κ2) is 13.5. The van der Waals surface area contributed by atoms with Crippen LogP contribution in [0.1, 0.15) is 59.4 Å². The van der Waals surface area contributed by atoms with E-state index in [2.05, 4.69) is 15.5 Å². The topological polar surface area (TPSA) is 142 Å². The summed E-state index contributed by atoms with van der Waals surface area (Å²) in [4.78, 5) is 20.2. The van der Waals surface area contributed by atoms with Gasteiger partial charge in [0.1, 0.15) is 18.2 Å². The summed E-state index contributed by atoms with van der Waals surface area (Å²) in [5.41, 5.74) is 7.68. The van der Waals surface area contributed by atoms with Crippen molar-refractivity contribution in [1.82, 2.24) is 14.5 Å². The van der Waals surface area contributed by atoms with Crippen molar-refractivity contribution in [3.63, 3.8) is 0 Å². The number of para-hydroxylation sites is 1. The van der Waals surface area contributed by atoms with E-state index in [1.807, 2.05) is 12.1 Å². The lowest BCUT2D eigenvalue weighted by Gasteiger charge is -2.33. The first-order chi connectivity index (χ1) is 23.6. The van der Waals surface area contributed by atoms with Crippen LogP contribution in [0.4, 0.5) is 4.39 Å². The number of fused-ring (bicyclic) bond motifs is 2. The van der Waals surface area contributed by atoms with Gasteiger partial charge in [0, 0.05) is 24.1 Å². The first-order valence-electron chi connectivity index (χ1n) is 16.6. The number of nitrogens with zero attached hydrogens (tertiary/aromatic N) is 3. The molecule has 4 heterocycles. The number of imidazole rings is 1. The van der Waals surface area contributed by atoms with Gasteiger partial charge in [0.05, 0.1) is 60.1 Å². The molecule has 2 fully saturated rings. The molecule has 0 amide bonds. The third-order valence-electron chi connectivity index (χ3n) is 9.79. The maximum absolute atomic E-state index is 14.9. The molecular weight excluding hydrogens is 655 g/mol. The van der Waals surface area contributed by atoms with Crippen LogP contribution in [0.15, 0.2) is 54.6 Å². The molecule has 0 aliphatic carbocycles. The minimum Gasteiger partial charge on any atom is -0.460 e. The average molecular weight is 695 g/mol. The predicted octanol–water partition coefficient (Wildman–Crippen LogP) is 4.48. The highest BCUT2D eigenvalue weighted by atomic mass is 35.5. The van der Waals surface area contributed by atoms with Gasteiger partial charge in [-0.2, -0.15) is 0 Å². The number of carbonyl (C=O) groups excluding carboxylic acids is 1. The molecule has 4 aromatic rings. The van der Waals surface area contributed by atoms with Gasteiger partial charge >= 0.3 is 5.97 Å². The Bertz CT molecular complexity index is 1850. The zero-order valence-electron chi connectivity index (χ0n) is 27.2. The summed E-state index contributed by atoms with van der Waals surface area (Å²) in [6.07, 6.45) is 2.79. The number of aliphatic hydroxyl groups excluding tert-OH is 2. The molecule has 0 bridgehead atoms. The summed E-state index contributed by atoms with van der Waals surface area (Å²) in [6.45, 7) is 3.97. The van der Waals surface area contributed by atoms with E-state index < -0.39 is 36.3 Å². The molecule has 1 aromatic heterocycles. The summed E-state index contributed by atoms with van der Waals surface area (Å²) in [5, 5.41) is 19.2. The van der Waals surface area contributed by atoms with Gasteiger partial charge in [0.15, 0.2) is 11.5 Å². The van der Waals surface area contributed by atoms with E-state index in [9.17, 15) is 19.4 Å². The van der Waals surface area contributed by atoms with Crippen molar-refractivity contribution >= 4 is 28.6 Å². The van der Waals surface area contributed by atoms with Crippen molar-refractivity contribution in [2.75, 3.05) is 39.5 Å². The molecule has 3 aliphatic heterocycles. The van der Waals surface area contributed by atoms with Crippen molar-refractivity contribution in [3.8, 4) is 11.5 Å². The van der Waals surface area contributed by atoms with E-state index in [4.69, 9.17) is 41.3 Å². The minimum atomic E-state index is -1.41. The largest absolute Gasteiger partial charge is 0.460 e. The van der Waals surface area contributed by atoms with Crippen LogP contribution in [-0.4, -0.2) is 81.8 Å². The molecule has 13 heteroatoms. The maximum Gasteiger partial charge on any atom is 0.338 e. The Hall–Kier alpha value is -3.78. The molecule has 11 nitrogen and oxygen atoms in total. The molecule has 0 radical (unpaired) electrons. The lowest BCUT2D eigenvalue weighted by atomic mass is 9.88. The molecule has 7 rings (SSSR count). The molecular formula is C36H40ClFN4O7. The third-order valence-corrected chi connectivity index (χ3v) is 10.0. The number of likely N-dealkylation sites (tertiary alicyclic amines) is 1. The van der Waals surface area contributed by atoms with E-state index in [0.717, 1.165) is 61.4 Å². The fourth-order valence-electron chi connectivity index (χ4n) is 6.73. The number of aliphatic hydroxyl groups is 2. The number of nitrogens with two attached hydrogens (primary N) is 1. The summed E-state index contributed by atoms with van der Waals surface area (Å²) in [6, 6.07) is 15.6. The van der Waals surface area contributed by atoms with E-state index in [-0.39, 0.29) is 24.2 Å². The Balaban J connectivity index is 1.05. The van der Waals surface area contributed by atoms with Crippen LogP contribution in [-0.2, 0) is 28.4 Å². The highest BCUT2D eigenvalue weighted by Crippen LogP contribution is 2.50. The second-order valence-electron chi connectivity index (χ2n) is 13.4. The normalized spacial score (nSPS) is 21.2. The van der Waals surface area contributed by atoms with Crippen LogP contribution in [0.5, 0.6) is 11.5 Å². The molecule has 49 heavy (non-hydrogen) atoms. The SMILES string of the molecule is C[C@]1(c2ccc(Cl)cc2F)Oc2cccc(C3CCN(Cc4nc5ccc(C(=O)OCC(N)(CO)CO)cc5n4C[C@@H]4CCO4)CC3)c2O1. The Morgan fingerprint density at radius 3 is 2.59 bits per heavy atom. The second-order valence-corrected chi connectivity index (χ2v) is 13.8. The smallest absolute Gasteiger partial charge is 0.338 e. The van der Waals surface area contributed by atoms with Gasteiger partial charge in [-0.25, -0.2) is 14.2 Å². The van der Waals surface area contributed by atoms with Gasteiger partial charge in [-0.15, -0.1) is 0 Å². The van der Waals surface area contributed by atoms with E-state index in [0.29, 0.717) is 35.2 Å². The van der Waals surface area contributed by atoms with Gasteiger partial charge in [-0.05, 0) is 80.7 Å². The molecule has 0 saturated carbocycles. The molecule has 3 aromatic carbocycles. The van der Waals surface area contributed by atoms with Gasteiger partial charge in [0.2, 0.25) is 0 Å². The lowest BCUT2D eigenvalue weighted by molar-refractivity contribution is -0.0712. The van der Waals surface area contributed by atoms with Gasteiger partial charge in [0.25, 0.3) is 5.79 Å². The van der Waals surface area contributed by atoms with E-state index in [1.54, 1.807) is 37.3 Å². The number of hydrogen-bond acceptors (Lipinski definition) is 10. The molecule has 2 atom stereocenters. The number of halogens is 2. The van der Waals surface area contributed by atoms with Crippen LogP contribution < -0.4 is 15.2 Å². The number of carbonyl (C=O) groups is 1. The first-order valence-corrected chi connectivity index (χ1v) is 16.9. The van der Waals surface area contributed by atoms with Crippen molar-refractivity contribution in [2.24, 2.45) is 5.73 Å². The van der Waals surface area contributed by atoms with Gasteiger partial charge < -0.3 is 39.5 Å². The van der Waals surface area contributed by atoms with Crippen LogP contribution in [0, 0.1) is 5.82 Å². The zero-order chi connectivity index (χ0) is 34.3. The quantitative estimate of drug-likeness (QED) is 0.193. The highest BCUT2D eigenvalue weighted by Gasteiger charge is 2.43. The molecule has 260 valence electrons. The zero-order valence-corrected chi connectivity index (χ0v) is 28.0. The molecule has 2 saturated heterocycles. The molecule has 4 N–H and O–H groups in total. The minimum absolute atomic E-state index is 0.0684. The lowest BCUT2D eigenvalue weighted by Crippen LogP contribution is -2.51. The van der Waals surface area contributed by atoms with E-state index in [1.165, 1.54) is 6.07 Å². The fourth-order valence-corrected chi connectivity index (χ4v) is 6.89. The summed E-state index contributed by atoms with van der Waals surface area (Å²) in [7, 11) is 0. The standard InChI is InChI=1S/C36H40ClFN4O7/c1-35(27-7-6-24(37)16-28(27)38)48-31-4-2-3-26(33(31)49-35)22-9-12-41(13-10-22)18-32-40-29-8-5-23(34(45)47-21-36(39,19-43)20-44)15-30(29)42(32)17-25-11-14-46-25/h2-8,15-16,22,25,43-44H,9-14,17-21,39H2,1H3/t25-,35-/m0/s1. The number of esters is 1. The Labute approximate surface area is 288 Å². The van der Waals surface area contributed by atoms with Crippen molar-refractivity contribution in [2.45, 2.75) is 62.6 Å². The Morgan fingerprint density at radius 2 is 1.90 bits per heavy atom. The number of aromatic nitrogens is 2. The van der Waals surface area contributed by atoms with Gasteiger partial charge in [-0.1, -0.05) is 23.7 Å². The van der Waals surface area contributed by atoms with Crippen molar-refractivity contribution in [1.29, 1.82) is 0 Å². The molecule has 3 aliphatic rings. The average Bonchev–Trinajstić information content (AvgIpc) is 3.61. The van der Waals surface area contributed by atoms with Crippen molar-refractivity contribution < 1.29 is 38.3 Å². The number of benzene rings is 3. The van der Waals surface area contributed by atoms with Gasteiger partial charge in [-0.3, -0.25) is 4.90 Å². The molecule has 0 spiro atoms.